The number of carbonyl (C=O) groups is 1. The summed E-state index contributed by atoms with van der Waals surface area (Å²) >= 11 is 3.41. The molecular formula is C23H16BrN3O. The van der Waals surface area contributed by atoms with Crippen molar-refractivity contribution in [3.8, 4) is 22.5 Å². The Kier molecular flexibility index (Phi) is 5.26. The fourth-order valence-electron chi connectivity index (χ4n) is 2.82. The molecule has 0 aliphatic rings. The Morgan fingerprint density at radius 2 is 1.29 bits per heavy atom. The number of aromatic nitrogens is 2. The molecule has 0 radical (unpaired) electrons. The molecule has 0 unspecified atom stereocenters. The van der Waals surface area contributed by atoms with Crippen LogP contribution in [0.25, 0.3) is 22.5 Å². The van der Waals surface area contributed by atoms with Crippen molar-refractivity contribution in [1.82, 2.24) is 9.97 Å². The molecule has 1 aromatic heterocycles. The lowest BCUT2D eigenvalue weighted by molar-refractivity contribution is 0.101. The maximum atomic E-state index is 12.8. The molecule has 0 atom stereocenters. The van der Waals surface area contributed by atoms with E-state index in [1.54, 1.807) is 0 Å². The van der Waals surface area contributed by atoms with Gasteiger partial charge in [-0.2, -0.15) is 0 Å². The maximum Gasteiger partial charge on any atom is 0.293 e. The van der Waals surface area contributed by atoms with Crippen molar-refractivity contribution in [2.75, 3.05) is 5.32 Å². The summed E-state index contributed by atoms with van der Waals surface area (Å²) < 4.78 is 0.884. The zero-order valence-electron chi connectivity index (χ0n) is 14.8. The normalized spacial score (nSPS) is 10.5. The standard InChI is InChI=1S/C23H16BrN3O/c24-18-12-7-13-19(14-18)25-23(28)22-26-20(16-8-3-1-4-9-16)15-21(27-22)17-10-5-2-6-11-17/h1-15H,(H,25,28). The second kappa shape index (κ2) is 8.15. The Morgan fingerprint density at radius 3 is 1.82 bits per heavy atom. The van der Waals surface area contributed by atoms with Crippen LogP contribution >= 0.6 is 15.9 Å². The van der Waals surface area contributed by atoms with Gasteiger partial charge in [0.15, 0.2) is 0 Å². The lowest BCUT2D eigenvalue weighted by Crippen LogP contribution is -2.16. The number of carbonyl (C=O) groups excluding carboxylic acids is 1. The van der Waals surface area contributed by atoms with Gasteiger partial charge in [0.2, 0.25) is 5.82 Å². The second-order valence-electron chi connectivity index (χ2n) is 6.16. The van der Waals surface area contributed by atoms with E-state index >= 15 is 0 Å². The topological polar surface area (TPSA) is 54.9 Å². The largest absolute Gasteiger partial charge is 0.319 e. The number of hydrogen-bond donors (Lipinski definition) is 1. The zero-order valence-corrected chi connectivity index (χ0v) is 16.4. The molecule has 28 heavy (non-hydrogen) atoms. The molecule has 136 valence electrons. The van der Waals surface area contributed by atoms with Crippen molar-refractivity contribution < 1.29 is 4.79 Å². The molecule has 0 aliphatic heterocycles. The maximum absolute atomic E-state index is 12.8. The second-order valence-corrected chi connectivity index (χ2v) is 7.07. The number of hydrogen-bond acceptors (Lipinski definition) is 3. The minimum atomic E-state index is -0.354. The number of anilines is 1. The van der Waals surface area contributed by atoms with Gasteiger partial charge in [0, 0.05) is 21.3 Å². The molecule has 0 saturated carbocycles. The molecular weight excluding hydrogens is 414 g/mol. The average Bonchev–Trinajstić information content (AvgIpc) is 2.75. The summed E-state index contributed by atoms with van der Waals surface area (Å²) in [6, 6.07) is 28.8. The minimum absolute atomic E-state index is 0.125. The Morgan fingerprint density at radius 1 is 0.714 bits per heavy atom. The van der Waals surface area contributed by atoms with E-state index in [1.807, 2.05) is 91.0 Å². The first-order valence-corrected chi connectivity index (χ1v) is 9.55. The Bertz CT molecular complexity index is 1060. The Labute approximate surface area is 171 Å². The van der Waals surface area contributed by atoms with Crippen molar-refractivity contribution in [1.29, 1.82) is 0 Å². The Balaban J connectivity index is 1.76. The molecule has 0 aliphatic carbocycles. The number of nitrogens with one attached hydrogen (secondary N) is 1. The molecule has 0 fully saturated rings. The molecule has 4 aromatic rings. The summed E-state index contributed by atoms with van der Waals surface area (Å²) in [5.74, 6) is -0.228. The summed E-state index contributed by atoms with van der Waals surface area (Å²) in [4.78, 5) is 21.9. The van der Waals surface area contributed by atoms with Gasteiger partial charge in [0.05, 0.1) is 11.4 Å². The molecule has 0 spiro atoms. The van der Waals surface area contributed by atoms with Gasteiger partial charge in [-0.3, -0.25) is 4.79 Å². The highest BCUT2D eigenvalue weighted by atomic mass is 79.9. The molecule has 1 heterocycles. The van der Waals surface area contributed by atoms with Crippen LogP contribution in [0.15, 0.2) is 95.5 Å². The van der Waals surface area contributed by atoms with E-state index in [4.69, 9.17) is 0 Å². The Hall–Kier alpha value is -3.31. The molecule has 0 bridgehead atoms. The third-order valence-electron chi connectivity index (χ3n) is 4.15. The van der Waals surface area contributed by atoms with Crippen molar-refractivity contribution in [2.45, 2.75) is 0 Å². The van der Waals surface area contributed by atoms with Gasteiger partial charge in [-0.15, -0.1) is 0 Å². The van der Waals surface area contributed by atoms with Gasteiger partial charge in [0.1, 0.15) is 0 Å². The summed E-state index contributed by atoms with van der Waals surface area (Å²) in [7, 11) is 0. The van der Waals surface area contributed by atoms with Crippen LogP contribution in [-0.2, 0) is 0 Å². The monoisotopic (exact) mass is 429 g/mol. The minimum Gasteiger partial charge on any atom is -0.319 e. The molecule has 0 saturated heterocycles. The summed E-state index contributed by atoms with van der Waals surface area (Å²) in [6.07, 6.45) is 0. The van der Waals surface area contributed by atoms with E-state index < -0.39 is 0 Å². The van der Waals surface area contributed by atoms with Crippen LogP contribution in [-0.4, -0.2) is 15.9 Å². The summed E-state index contributed by atoms with van der Waals surface area (Å²) in [5.41, 5.74) is 3.94. The lowest BCUT2D eigenvalue weighted by atomic mass is 10.1. The molecule has 5 heteroatoms. The van der Waals surface area contributed by atoms with E-state index in [9.17, 15) is 4.79 Å². The highest BCUT2D eigenvalue weighted by Gasteiger charge is 2.15. The van der Waals surface area contributed by atoms with Gasteiger partial charge in [-0.05, 0) is 24.3 Å². The first-order chi connectivity index (χ1) is 13.7. The van der Waals surface area contributed by atoms with Gasteiger partial charge in [-0.1, -0.05) is 82.7 Å². The van der Waals surface area contributed by atoms with Gasteiger partial charge in [0.25, 0.3) is 5.91 Å². The highest BCUT2D eigenvalue weighted by Crippen LogP contribution is 2.24. The van der Waals surface area contributed by atoms with Crippen molar-refractivity contribution in [2.24, 2.45) is 0 Å². The predicted molar refractivity (Wildman–Crippen MR) is 115 cm³/mol. The van der Waals surface area contributed by atoms with Crippen molar-refractivity contribution >= 4 is 27.5 Å². The number of nitrogens with zero attached hydrogens (tertiary/aromatic N) is 2. The van der Waals surface area contributed by atoms with E-state index in [2.05, 4.69) is 31.2 Å². The first-order valence-electron chi connectivity index (χ1n) is 8.76. The highest BCUT2D eigenvalue weighted by molar-refractivity contribution is 9.10. The van der Waals surface area contributed by atoms with Crippen LogP contribution in [0.1, 0.15) is 10.6 Å². The molecule has 4 nitrogen and oxygen atoms in total. The number of halogens is 1. The molecule has 4 rings (SSSR count). The third-order valence-corrected chi connectivity index (χ3v) is 4.64. The van der Waals surface area contributed by atoms with Crippen molar-refractivity contribution in [3.05, 3.63) is 101 Å². The van der Waals surface area contributed by atoms with Crippen LogP contribution in [0.2, 0.25) is 0 Å². The smallest absolute Gasteiger partial charge is 0.293 e. The van der Waals surface area contributed by atoms with Crippen LogP contribution in [0.4, 0.5) is 5.69 Å². The fourth-order valence-corrected chi connectivity index (χ4v) is 3.21. The van der Waals surface area contributed by atoms with Crippen LogP contribution in [0.5, 0.6) is 0 Å². The van der Waals surface area contributed by atoms with E-state index in [1.165, 1.54) is 0 Å². The average molecular weight is 430 g/mol. The molecule has 1 amide bonds. The van der Waals surface area contributed by atoms with E-state index in [-0.39, 0.29) is 11.7 Å². The van der Waals surface area contributed by atoms with Crippen LogP contribution in [0, 0.1) is 0 Å². The van der Waals surface area contributed by atoms with Crippen LogP contribution in [0.3, 0.4) is 0 Å². The van der Waals surface area contributed by atoms with Gasteiger partial charge < -0.3 is 5.32 Å². The quantitative estimate of drug-likeness (QED) is 0.444. The summed E-state index contributed by atoms with van der Waals surface area (Å²) in [6.45, 7) is 0. The van der Waals surface area contributed by atoms with Crippen molar-refractivity contribution in [3.63, 3.8) is 0 Å². The van der Waals surface area contributed by atoms with E-state index in [0.717, 1.165) is 15.6 Å². The fraction of sp³-hybridized carbons (Fsp3) is 0. The SMILES string of the molecule is O=C(Nc1cccc(Br)c1)c1nc(-c2ccccc2)cc(-c2ccccc2)n1. The summed E-state index contributed by atoms with van der Waals surface area (Å²) in [5, 5.41) is 2.86. The number of rotatable bonds is 4. The first kappa shape index (κ1) is 18.1. The van der Waals surface area contributed by atoms with Gasteiger partial charge in [-0.25, -0.2) is 9.97 Å². The van der Waals surface area contributed by atoms with Crippen LogP contribution < -0.4 is 5.32 Å². The third kappa shape index (κ3) is 4.15. The zero-order chi connectivity index (χ0) is 19.3. The number of benzene rings is 3. The number of amides is 1. The van der Waals surface area contributed by atoms with Gasteiger partial charge >= 0.3 is 0 Å². The molecule has 3 aromatic carbocycles. The molecule has 1 N–H and O–H groups in total. The van der Waals surface area contributed by atoms with E-state index in [0.29, 0.717) is 17.1 Å². The lowest BCUT2D eigenvalue weighted by Gasteiger charge is -2.09. The predicted octanol–water partition coefficient (Wildman–Crippen LogP) is 5.83.